The summed E-state index contributed by atoms with van der Waals surface area (Å²) >= 11 is 3.60. The molecule has 2 rings (SSSR count). The van der Waals surface area contributed by atoms with E-state index < -0.39 is 0 Å². The van der Waals surface area contributed by atoms with Crippen molar-refractivity contribution in [1.29, 1.82) is 0 Å². The summed E-state index contributed by atoms with van der Waals surface area (Å²) in [7, 11) is 0. The van der Waals surface area contributed by atoms with Gasteiger partial charge in [-0.25, -0.2) is 0 Å². The van der Waals surface area contributed by atoms with Crippen molar-refractivity contribution < 1.29 is 0 Å². The van der Waals surface area contributed by atoms with Crippen molar-refractivity contribution in [2.45, 2.75) is 33.9 Å². The van der Waals surface area contributed by atoms with Crippen LogP contribution in [0.15, 0.2) is 22.7 Å². The monoisotopic (exact) mass is 322 g/mol. The standard InChI is InChI=1S/C14H19BrN4/c1-9(2)8-19-13(7-16)17-18-14(19)11-5-4-10(3)6-12(11)15/h4-6,9H,7-8,16H2,1-3H3. The number of benzene rings is 1. The Bertz CT molecular complexity index is 575. The fraction of sp³-hybridized carbons (Fsp3) is 0.429. The van der Waals surface area contributed by atoms with Crippen LogP contribution < -0.4 is 5.73 Å². The van der Waals surface area contributed by atoms with Gasteiger partial charge in [-0.1, -0.05) is 35.8 Å². The highest BCUT2D eigenvalue weighted by atomic mass is 79.9. The van der Waals surface area contributed by atoms with Crippen LogP contribution in [0.2, 0.25) is 0 Å². The van der Waals surface area contributed by atoms with Crippen molar-refractivity contribution in [3.63, 3.8) is 0 Å². The second kappa shape index (κ2) is 5.84. The fourth-order valence-electron chi connectivity index (χ4n) is 2.04. The molecule has 0 bridgehead atoms. The first-order valence-electron chi connectivity index (χ1n) is 6.41. The molecule has 5 heteroatoms. The van der Waals surface area contributed by atoms with Gasteiger partial charge >= 0.3 is 0 Å². The van der Waals surface area contributed by atoms with Crippen LogP contribution >= 0.6 is 15.9 Å². The minimum atomic E-state index is 0.406. The van der Waals surface area contributed by atoms with E-state index in [1.54, 1.807) is 0 Å². The van der Waals surface area contributed by atoms with E-state index in [1.165, 1.54) is 5.56 Å². The smallest absolute Gasteiger partial charge is 0.165 e. The molecule has 1 heterocycles. The second-order valence-corrected chi connectivity index (χ2v) is 5.99. The number of hydrogen-bond donors (Lipinski definition) is 1. The molecule has 4 nitrogen and oxygen atoms in total. The number of nitrogens with zero attached hydrogens (tertiary/aromatic N) is 3. The molecule has 2 N–H and O–H groups in total. The number of aryl methyl sites for hydroxylation is 1. The maximum Gasteiger partial charge on any atom is 0.165 e. The SMILES string of the molecule is Cc1ccc(-c2nnc(CN)n2CC(C)C)c(Br)c1. The molecule has 0 aliphatic heterocycles. The summed E-state index contributed by atoms with van der Waals surface area (Å²) in [6.07, 6.45) is 0. The molecule has 0 saturated heterocycles. The third-order valence-corrected chi connectivity index (χ3v) is 3.58. The van der Waals surface area contributed by atoms with E-state index in [9.17, 15) is 0 Å². The van der Waals surface area contributed by atoms with Crippen molar-refractivity contribution in [1.82, 2.24) is 14.8 Å². The van der Waals surface area contributed by atoms with Crippen molar-refractivity contribution in [3.8, 4) is 11.4 Å². The Balaban J connectivity index is 2.52. The summed E-state index contributed by atoms with van der Waals surface area (Å²) in [5.74, 6) is 2.22. The predicted molar refractivity (Wildman–Crippen MR) is 80.6 cm³/mol. The molecule has 1 aromatic heterocycles. The molecule has 2 aromatic rings. The van der Waals surface area contributed by atoms with Gasteiger partial charge in [0.05, 0.1) is 6.54 Å². The summed E-state index contributed by atoms with van der Waals surface area (Å²) in [5, 5.41) is 8.50. The molecule has 0 fully saturated rings. The minimum Gasteiger partial charge on any atom is -0.324 e. The lowest BCUT2D eigenvalue weighted by Gasteiger charge is -2.13. The van der Waals surface area contributed by atoms with E-state index in [-0.39, 0.29) is 0 Å². The topological polar surface area (TPSA) is 56.7 Å². The fourth-order valence-corrected chi connectivity index (χ4v) is 2.71. The van der Waals surface area contributed by atoms with Crippen LogP contribution in [0.1, 0.15) is 25.2 Å². The van der Waals surface area contributed by atoms with Gasteiger partial charge < -0.3 is 10.3 Å². The summed E-state index contributed by atoms with van der Waals surface area (Å²) < 4.78 is 3.15. The highest BCUT2D eigenvalue weighted by Gasteiger charge is 2.15. The molecule has 102 valence electrons. The van der Waals surface area contributed by atoms with Gasteiger partial charge in [-0.3, -0.25) is 0 Å². The Morgan fingerprint density at radius 2 is 2.05 bits per heavy atom. The van der Waals surface area contributed by atoms with Gasteiger partial charge in [-0.05, 0) is 30.5 Å². The first-order chi connectivity index (χ1) is 9.02. The van der Waals surface area contributed by atoms with E-state index >= 15 is 0 Å². The first-order valence-corrected chi connectivity index (χ1v) is 7.21. The van der Waals surface area contributed by atoms with Crippen LogP contribution in [-0.2, 0) is 13.1 Å². The van der Waals surface area contributed by atoms with Crippen LogP contribution in [0.5, 0.6) is 0 Å². The van der Waals surface area contributed by atoms with Crippen LogP contribution in [0.3, 0.4) is 0 Å². The largest absolute Gasteiger partial charge is 0.324 e. The van der Waals surface area contributed by atoms with Gasteiger partial charge in [0.1, 0.15) is 5.82 Å². The van der Waals surface area contributed by atoms with E-state index in [0.29, 0.717) is 12.5 Å². The third kappa shape index (κ3) is 3.04. The van der Waals surface area contributed by atoms with Crippen molar-refractivity contribution in [2.75, 3.05) is 0 Å². The van der Waals surface area contributed by atoms with Crippen LogP contribution in [0.4, 0.5) is 0 Å². The first kappa shape index (κ1) is 14.2. The lowest BCUT2D eigenvalue weighted by atomic mass is 10.1. The zero-order valence-electron chi connectivity index (χ0n) is 11.5. The van der Waals surface area contributed by atoms with Crippen LogP contribution in [0.25, 0.3) is 11.4 Å². The quantitative estimate of drug-likeness (QED) is 0.940. The van der Waals surface area contributed by atoms with Crippen LogP contribution in [-0.4, -0.2) is 14.8 Å². The third-order valence-electron chi connectivity index (χ3n) is 2.92. The molecular weight excluding hydrogens is 304 g/mol. The van der Waals surface area contributed by atoms with E-state index in [0.717, 1.165) is 28.2 Å². The molecule has 0 saturated carbocycles. The maximum absolute atomic E-state index is 5.74. The molecule has 1 aromatic carbocycles. The summed E-state index contributed by atoms with van der Waals surface area (Å²) in [5.41, 5.74) is 8.01. The predicted octanol–water partition coefficient (Wildman–Crippen LogP) is 3.13. The number of aromatic nitrogens is 3. The molecular formula is C14H19BrN4. The second-order valence-electron chi connectivity index (χ2n) is 5.13. The van der Waals surface area contributed by atoms with E-state index in [1.807, 2.05) is 0 Å². The Labute approximate surface area is 122 Å². The Morgan fingerprint density at radius 1 is 1.32 bits per heavy atom. The van der Waals surface area contributed by atoms with Crippen LogP contribution in [0, 0.1) is 12.8 Å². The number of nitrogens with two attached hydrogens (primary N) is 1. The van der Waals surface area contributed by atoms with Gasteiger partial charge in [0.2, 0.25) is 0 Å². The molecule has 0 aliphatic carbocycles. The van der Waals surface area contributed by atoms with Gasteiger partial charge in [0.25, 0.3) is 0 Å². The summed E-state index contributed by atoms with van der Waals surface area (Å²) in [6.45, 7) is 7.69. The van der Waals surface area contributed by atoms with Gasteiger partial charge in [-0.2, -0.15) is 0 Å². The molecule has 0 spiro atoms. The number of halogens is 1. The highest BCUT2D eigenvalue weighted by Crippen LogP contribution is 2.28. The summed E-state index contributed by atoms with van der Waals surface area (Å²) in [4.78, 5) is 0. The van der Waals surface area contributed by atoms with Crippen molar-refractivity contribution >= 4 is 15.9 Å². The molecule has 0 aliphatic rings. The number of rotatable bonds is 4. The molecule has 0 atom stereocenters. The van der Waals surface area contributed by atoms with Gasteiger partial charge in [0.15, 0.2) is 5.82 Å². The van der Waals surface area contributed by atoms with Gasteiger partial charge in [0, 0.05) is 16.6 Å². The normalized spacial score (nSPS) is 11.3. The Morgan fingerprint density at radius 3 is 2.63 bits per heavy atom. The average molecular weight is 323 g/mol. The lowest BCUT2D eigenvalue weighted by molar-refractivity contribution is 0.510. The lowest BCUT2D eigenvalue weighted by Crippen LogP contribution is -2.13. The number of hydrogen-bond acceptors (Lipinski definition) is 3. The van der Waals surface area contributed by atoms with E-state index in [2.05, 4.69) is 69.7 Å². The average Bonchev–Trinajstić information content (AvgIpc) is 2.71. The Hall–Kier alpha value is -1.20. The minimum absolute atomic E-state index is 0.406. The Kier molecular flexibility index (Phi) is 4.37. The zero-order valence-corrected chi connectivity index (χ0v) is 13.1. The molecule has 0 amide bonds. The molecule has 19 heavy (non-hydrogen) atoms. The highest BCUT2D eigenvalue weighted by molar-refractivity contribution is 9.10. The molecule has 0 radical (unpaired) electrons. The van der Waals surface area contributed by atoms with Crippen molar-refractivity contribution in [2.24, 2.45) is 11.7 Å². The maximum atomic E-state index is 5.74. The molecule has 0 unspecified atom stereocenters. The zero-order chi connectivity index (χ0) is 14.0. The van der Waals surface area contributed by atoms with Gasteiger partial charge in [-0.15, -0.1) is 10.2 Å². The summed E-state index contributed by atoms with van der Waals surface area (Å²) in [6, 6.07) is 6.24. The van der Waals surface area contributed by atoms with Crippen molar-refractivity contribution in [3.05, 3.63) is 34.1 Å². The van der Waals surface area contributed by atoms with E-state index in [4.69, 9.17) is 5.73 Å².